The third-order valence-electron chi connectivity index (χ3n) is 3.60. The van der Waals surface area contributed by atoms with Gasteiger partial charge in [0.2, 0.25) is 0 Å². The molecule has 2 rings (SSSR count). The Labute approximate surface area is 141 Å². The van der Waals surface area contributed by atoms with Gasteiger partial charge in [-0.15, -0.1) is 0 Å². The number of amides is 1. The van der Waals surface area contributed by atoms with E-state index in [9.17, 15) is 9.59 Å². The molecule has 0 saturated heterocycles. The zero-order valence-corrected chi connectivity index (χ0v) is 14.0. The van der Waals surface area contributed by atoms with Crippen LogP contribution in [-0.4, -0.2) is 25.1 Å². The van der Waals surface area contributed by atoms with Gasteiger partial charge in [0.05, 0.1) is 12.7 Å². The predicted molar refractivity (Wildman–Crippen MR) is 92.3 cm³/mol. The van der Waals surface area contributed by atoms with E-state index < -0.39 is 12.1 Å². The van der Waals surface area contributed by atoms with Crippen molar-refractivity contribution in [2.45, 2.75) is 26.4 Å². The topological polar surface area (TPSA) is 64.6 Å². The van der Waals surface area contributed by atoms with Crippen molar-refractivity contribution in [1.29, 1.82) is 0 Å². The maximum Gasteiger partial charge on any atom is 0.337 e. The molecule has 0 aliphatic heterocycles. The van der Waals surface area contributed by atoms with Crippen LogP contribution in [0.1, 0.15) is 29.3 Å². The summed E-state index contributed by atoms with van der Waals surface area (Å²) in [7, 11) is 1.32. The molecule has 0 aliphatic rings. The van der Waals surface area contributed by atoms with Gasteiger partial charge in [-0.3, -0.25) is 4.79 Å². The monoisotopic (exact) mass is 327 g/mol. The standard InChI is InChI=1S/C19H21NO4/c1-4-17(24-15-8-6-5-7-9-15)18(21)20-16-12-14(19(22)23-3)11-10-13(16)2/h5-12,17H,4H2,1-3H3,(H,20,21)/t17-/m1/s1. The number of benzene rings is 2. The molecule has 0 fully saturated rings. The summed E-state index contributed by atoms with van der Waals surface area (Å²) in [4.78, 5) is 24.1. The number of hydrogen-bond acceptors (Lipinski definition) is 4. The van der Waals surface area contributed by atoms with Crippen LogP contribution in [0, 0.1) is 6.92 Å². The molecule has 2 aromatic rings. The molecule has 0 bridgehead atoms. The number of carbonyl (C=O) groups excluding carboxylic acids is 2. The van der Waals surface area contributed by atoms with Crippen LogP contribution in [0.5, 0.6) is 5.75 Å². The normalized spacial score (nSPS) is 11.5. The van der Waals surface area contributed by atoms with Crippen molar-refractivity contribution in [3.8, 4) is 5.75 Å². The zero-order chi connectivity index (χ0) is 17.5. The van der Waals surface area contributed by atoms with Gasteiger partial charge in [-0.25, -0.2) is 4.79 Å². The highest BCUT2D eigenvalue weighted by molar-refractivity contribution is 5.97. The molecule has 0 radical (unpaired) electrons. The van der Waals surface area contributed by atoms with Crippen LogP contribution < -0.4 is 10.1 Å². The molecule has 0 aromatic heterocycles. The highest BCUT2D eigenvalue weighted by Gasteiger charge is 2.19. The number of hydrogen-bond donors (Lipinski definition) is 1. The Hall–Kier alpha value is -2.82. The number of rotatable bonds is 6. The van der Waals surface area contributed by atoms with Crippen molar-refractivity contribution in [3.05, 3.63) is 59.7 Å². The Bertz CT molecular complexity index is 713. The lowest BCUT2D eigenvalue weighted by Gasteiger charge is -2.18. The minimum Gasteiger partial charge on any atom is -0.481 e. The highest BCUT2D eigenvalue weighted by Crippen LogP contribution is 2.19. The molecule has 0 spiro atoms. The minimum atomic E-state index is -0.617. The first-order valence-electron chi connectivity index (χ1n) is 7.76. The van der Waals surface area contributed by atoms with Gasteiger partial charge in [0, 0.05) is 5.69 Å². The fourth-order valence-corrected chi connectivity index (χ4v) is 2.20. The Morgan fingerprint density at radius 2 is 1.83 bits per heavy atom. The van der Waals surface area contributed by atoms with E-state index in [0.717, 1.165) is 5.56 Å². The molecule has 126 valence electrons. The number of ether oxygens (including phenoxy) is 2. The van der Waals surface area contributed by atoms with Crippen LogP contribution >= 0.6 is 0 Å². The van der Waals surface area contributed by atoms with Crippen molar-refractivity contribution >= 4 is 17.6 Å². The summed E-state index contributed by atoms with van der Waals surface area (Å²) in [6.45, 7) is 3.74. The Morgan fingerprint density at radius 3 is 2.46 bits per heavy atom. The summed E-state index contributed by atoms with van der Waals surface area (Å²) in [5.41, 5.74) is 1.80. The molecule has 1 atom stereocenters. The molecule has 2 aromatic carbocycles. The number of esters is 1. The fraction of sp³-hybridized carbons (Fsp3) is 0.263. The van der Waals surface area contributed by atoms with Crippen LogP contribution in [0.3, 0.4) is 0 Å². The summed E-state index contributed by atoms with van der Waals surface area (Å²) in [5.74, 6) is -0.0657. The lowest BCUT2D eigenvalue weighted by molar-refractivity contribution is -0.122. The van der Waals surface area contributed by atoms with E-state index in [-0.39, 0.29) is 5.91 Å². The van der Waals surface area contributed by atoms with Gasteiger partial charge in [-0.2, -0.15) is 0 Å². The SMILES string of the molecule is CC[C@@H](Oc1ccccc1)C(=O)Nc1cc(C(=O)OC)ccc1C. The molecule has 1 N–H and O–H groups in total. The number of para-hydroxylation sites is 1. The lowest BCUT2D eigenvalue weighted by Crippen LogP contribution is -2.32. The van der Waals surface area contributed by atoms with Gasteiger partial charge >= 0.3 is 5.97 Å². The van der Waals surface area contributed by atoms with Gasteiger partial charge in [0.25, 0.3) is 5.91 Å². The average molecular weight is 327 g/mol. The molecule has 1 amide bonds. The minimum absolute atomic E-state index is 0.258. The first-order valence-corrected chi connectivity index (χ1v) is 7.76. The smallest absolute Gasteiger partial charge is 0.337 e. The van der Waals surface area contributed by atoms with Crippen LogP contribution in [0.2, 0.25) is 0 Å². The maximum atomic E-state index is 12.5. The zero-order valence-electron chi connectivity index (χ0n) is 14.0. The van der Waals surface area contributed by atoms with E-state index in [1.54, 1.807) is 30.3 Å². The van der Waals surface area contributed by atoms with Crippen molar-refractivity contribution in [3.63, 3.8) is 0 Å². The first kappa shape index (κ1) is 17.5. The summed E-state index contributed by atoms with van der Waals surface area (Å²) < 4.78 is 10.4. The number of aryl methyl sites for hydroxylation is 1. The second-order valence-corrected chi connectivity index (χ2v) is 5.34. The second kappa shape index (κ2) is 8.15. The van der Waals surface area contributed by atoms with Crippen LogP contribution in [0.15, 0.2) is 48.5 Å². The van der Waals surface area contributed by atoms with Crippen molar-refractivity contribution in [2.75, 3.05) is 12.4 Å². The van der Waals surface area contributed by atoms with E-state index in [1.165, 1.54) is 7.11 Å². The number of nitrogens with one attached hydrogen (secondary N) is 1. The van der Waals surface area contributed by atoms with Gasteiger partial charge in [-0.1, -0.05) is 31.2 Å². The van der Waals surface area contributed by atoms with E-state index in [4.69, 9.17) is 9.47 Å². The summed E-state index contributed by atoms with van der Waals surface area (Å²) in [6.07, 6.45) is -0.0928. The van der Waals surface area contributed by atoms with Gasteiger partial charge in [0.15, 0.2) is 6.10 Å². The van der Waals surface area contributed by atoms with Gasteiger partial charge in [-0.05, 0) is 43.2 Å². The number of carbonyl (C=O) groups is 2. The molecule has 0 saturated carbocycles. The Kier molecular flexibility index (Phi) is 5.95. The quantitative estimate of drug-likeness (QED) is 0.824. The summed E-state index contributed by atoms with van der Waals surface area (Å²) in [5, 5.41) is 2.83. The molecule has 5 heteroatoms. The Morgan fingerprint density at radius 1 is 1.12 bits per heavy atom. The fourth-order valence-electron chi connectivity index (χ4n) is 2.20. The molecular formula is C19H21NO4. The van der Waals surface area contributed by atoms with Crippen LogP contribution in [-0.2, 0) is 9.53 Å². The lowest BCUT2D eigenvalue weighted by atomic mass is 10.1. The van der Waals surface area contributed by atoms with E-state index in [1.807, 2.05) is 32.0 Å². The summed E-state index contributed by atoms with van der Waals surface area (Å²) >= 11 is 0. The number of methoxy groups -OCH3 is 1. The Balaban J connectivity index is 2.13. The van der Waals surface area contributed by atoms with E-state index in [2.05, 4.69) is 5.32 Å². The van der Waals surface area contributed by atoms with Gasteiger partial charge in [0.1, 0.15) is 5.75 Å². The predicted octanol–water partition coefficient (Wildman–Crippen LogP) is 3.58. The summed E-state index contributed by atoms with van der Waals surface area (Å²) in [6, 6.07) is 14.2. The molecule has 5 nitrogen and oxygen atoms in total. The van der Waals surface area contributed by atoms with Crippen LogP contribution in [0.4, 0.5) is 5.69 Å². The maximum absolute atomic E-state index is 12.5. The highest BCUT2D eigenvalue weighted by atomic mass is 16.5. The second-order valence-electron chi connectivity index (χ2n) is 5.34. The molecule has 0 unspecified atom stereocenters. The first-order chi connectivity index (χ1) is 11.5. The van der Waals surface area contributed by atoms with E-state index in [0.29, 0.717) is 23.4 Å². The van der Waals surface area contributed by atoms with Crippen molar-refractivity contribution in [1.82, 2.24) is 0 Å². The molecular weight excluding hydrogens is 306 g/mol. The van der Waals surface area contributed by atoms with E-state index >= 15 is 0 Å². The number of anilines is 1. The van der Waals surface area contributed by atoms with Crippen molar-refractivity contribution < 1.29 is 19.1 Å². The molecule has 0 heterocycles. The average Bonchev–Trinajstić information content (AvgIpc) is 2.61. The van der Waals surface area contributed by atoms with Gasteiger partial charge < -0.3 is 14.8 Å². The third kappa shape index (κ3) is 4.35. The molecule has 0 aliphatic carbocycles. The molecule has 24 heavy (non-hydrogen) atoms. The third-order valence-corrected chi connectivity index (χ3v) is 3.60. The van der Waals surface area contributed by atoms with Crippen LogP contribution in [0.25, 0.3) is 0 Å². The van der Waals surface area contributed by atoms with Crippen molar-refractivity contribution in [2.24, 2.45) is 0 Å². The largest absolute Gasteiger partial charge is 0.481 e.